The summed E-state index contributed by atoms with van der Waals surface area (Å²) in [6, 6.07) is 7.41. The number of nitrogens with one attached hydrogen (secondary N) is 1. The van der Waals surface area contributed by atoms with Crippen molar-refractivity contribution >= 4 is 29.5 Å². The van der Waals surface area contributed by atoms with Crippen molar-refractivity contribution in [1.29, 1.82) is 0 Å². The summed E-state index contributed by atoms with van der Waals surface area (Å²) in [7, 11) is 1.51. The maximum absolute atomic E-state index is 13.3. The van der Waals surface area contributed by atoms with Crippen molar-refractivity contribution in [1.82, 2.24) is 0 Å². The van der Waals surface area contributed by atoms with E-state index in [1.165, 1.54) is 32.0 Å². The number of primary amides is 1. The summed E-state index contributed by atoms with van der Waals surface area (Å²) in [5.41, 5.74) is 6.63. The average molecular weight is 411 g/mol. The summed E-state index contributed by atoms with van der Waals surface area (Å²) in [5, 5.41) is 2.89. The van der Waals surface area contributed by atoms with Crippen LogP contribution in [0.2, 0.25) is 5.02 Å². The molecule has 0 aromatic heterocycles. The SMILES string of the molecule is CCCCCc1cccc(F)c1Cl.CNc1c(F)ccc(C(N)=O)c1CC=O. The minimum atomic E-state index is -0.677. The van der Waals surface area contributed by atoms with Gasteiger partial charge >= 0.3 is 0 Å². The fourth-order valence-electron chi connectivity index (χ4n) is 2.72. The molecule has 0 spiro atoms. The van der Waals surface area contributed by atoms with Crippen LogP contribution in [-0.2, 0) is 17.6 Å². The number of hydrogen-bond donors (Lipinski definition) is 2. The van der Waals surface area contributed by atoms with Crippen LogP contribution in [0.3, 0.4) is 0 Å². The van der Waals surface area contributed by atoms with Gasteiger partial charge in [-0.3, -0.25) is 4.79 Å². The Balaban J connectivity index is 0.000000283. The Morgan fingerprint density at radius 1 is 1.18 bits per heavy atom. The molecule has 152 valence electrons. The molecule has 2 aromatic carbocycles. The maximum atomic E-state index is 13.3. The van der Waals surface area contributed by atoms with Crippen LogP contribution in [-0.4, -0.2) is 19.2 Å². The molecule has 1 amide bonds. The topological polar surface area (TPSA) is 72.2 Å². The largest absolute Gasteiger partial charge is 0.386 e. The molecule has 2 rings (SSSR count). The zero-order valence-corrected chi connectivity index (χ0v) is 16.8. The number of carbonyl (C=O) groups is 2. The number of benzene rings is 2. The van der Waals surface area contributed by atoms with E-state index in [1.807, 2.05) is 6.07 Å². The van der Waals surface area contributed by atoms with Gasteiger partial charge in [-0.2, -0.15) is 0 Å². The number of carbonyl (C=O) groups excluding carboxylic acids is 2. The highest BCUT2D eigenvalue weighted by Gasteiger charge is 2.15. The van der Waals surface area contributed by atoms with Crippen LogP contribution in [0.5, 0.6) is 0 Å². The quantitative estimate of drug-likeness (QED) is 0.479. The Morgan fingerprint density at radius 3 is 2.46 bits per heavy atom. The highest BCUT2D eigenvalue weighted by atomic mass is 35.5. The van der Waals surface area contributed by atoms with E-state index in [4.69, 9.17) is 17.3 Å². The first kappa shape index (κ1) is 23.6. The van der Waals surface area contributed by atoms with E-state index in [-0.39, 0.29) is 23.5 Å². The molecule has 0 radical (unpaired) electrons. The number of anilines is 1. The van der Waals surface area contributed by atoms with E-state index >= 15 is 0 Å². The molecular weight excluding hydrogens is 386 g/mol. The molecule has 2 aromatic rings. The van der Waals surface area contributed by atoms with Crippen molar-refractivity contribution in [3.63, 3.8) is 0 Å². The molecule has 0 unspecified atom stereocenters. The van der Waals surface area contributed by atoms with Crippen molar-refractivity contribution in [2.24, 2.45) is 5.73 Å². The number of aldehydes is 1. The molecule has 0 saturated heterocycles. The second-order valence-electron chi connectivity index (χ2n) is 6.10. The lowest BCUT2D eigenvalue weighted by Gasteiger charge is -2.11. The number of unbranched alkanes of at least 4 members (excludes halogenated alkanes) is 2. The molecule has 0 heterocycles. The van der Waals surface area contributed by atoms with Gasteiger partial charge in [0.1, 0.15) is 17.9 Å². The summed E-state index contributed by atoms with van der Waals surface area (Å²) in [6.07, 6.45) is 4.86. The minimum absolute atomic E-state index is 0.0494. The summed E-state index contributed by atoms with van der Waals surface area (Å²) < 4.78 is 26.2. The minimum Gasteiger partial charge on any atom is -0.386 e. The lowest BCUT2D eigenvalue weighted by atomic mass is 10.0. The van der Waals surface area contributed by atoms with Gasteiger partial charge in [-0.25, -0.2) is 8.78 Å². The molecule has 28 heavy (non-hydrogen) atoms. The Labute approximate surface area is 169 Å². The number of halogens is 3. The van der Waals surface area contributed by atoms with Crippen molar-refractivity contribution in [2.75, 3.05) is 12.4 Å². The van der Waals surface area contributed by atoms with E-state index in [1.54, 1.807) is 6.07 Å². The Morgan fingerprint density at radius 2 is 1.89 bits per heavy atom. The van der Waals surface area contributed by atoms with E-state index in [0.29, 0.717) is 16.9 Å². The van der Waals surface area contributed by atoms with Gasteiger partial charge in [0.2, 0.25) is 5.91 Å². The standard InChI is InChI=1S/C11H14ClF.C10H11FN2O2/c1-2-3-4-6-9-7-5-8-10(13)11(9)12;1-13-9-6(4-5-14)7(10(12)15)2-3-8(9)11/h5,7-8H,2-4,6H2,1H3;2-3,5,13H,4H2,1H3,(H2,12,15). The molecular formula is C21H25ClF2N2O2. The van der Waals surface area contributed by atoms with Gasteiger partial charge in [0.25, 0.3) is 0 Å². The second kappa shape index (κ2) is 12.1. The predicted octanol–water partition coefficient (Wildman–Crippen LogP) is 4.92. The highest BCUT2D eigenvalue weighted by Crippen LogP contribution is 2.23. The lowest BCUT2D eigenvalue weighted by Crippen LogP contribution is -2.16. The number of aryl methyl sites for hydroxylation is 1. The van der Waals surface area contributed by atoms with Crippen molar-refractivity contribution in [2.45, 2.75) is 39.0 Å². The lowest BCUT2D eigenvalue weighted by molar-refractivity contribution is -0.107. The van der Waals surface area contributed by atoms with Gasteiger partial charge in [-0.15, -0.1) is 0 Å². The molecule has 3 N–H and O–H groups in total. The van der Waals surface area contributed by atoms with E-state index < -0.39 is 11.7 Å². The first-order valence-electron chi connectivity index (χ1n) is 9.02. The van der Waals surface area contributed by atoms with Crippen molar-refractivity contribution in [3.8, 4) is 0 Å². The van der Waals surface area contributed by atoms with Gasteiger partial charge < -0.3 is 15.8 Å². The molecule has 0 bridgehead atoms. The molecule has 4 nitrogen and oxygen atoms in total. The zero-order valence-electron chi connectivity index (χ0n) is 16.0. The van der Waals surface area contributed by atoms with Crippen LogP contribution < -0.4 is 11.1 Å². The fraction of sp³-hybridized carbons (Fsp3) is 0.333. The molecule has 0 atom stereocenters. The monoisotopic (exact) mass is 410 g/mol. The van der Waals surface area contributed by atoms with Crippen molar-refractivity contribution < 1.29 is 18.4 Å². The number of amides is 1. The van der Waals surface area contributed by atoms with E-state index in [0.717, 1.165) is 24.5 Å². The molecule has 0 aliphatic carbocycles. The second-order valence-corrected chi connectivity index (χ2v) is 6.48. The number of rotatable bonds is 8. The smallest absolute Gasteiger partial charge is 0.249 e. The number of hydrogen-bond acceptors (Lipinski definition) is 3. The zero-order chi connectivity index (χ0) is 21.1. The van der Waals surface area contributed by atoms with E-state index in [2.05, 4.69) is 12.2 Å². The first-order valence-corrected chi connectivity index (χ1v) is 9.40. The van der Waals surface area contributed by atoms with Gasteiger partial charge in [0.15, 0.2) is 0 Å². The molecule has 0 saturated carbocycles. The van der Waals surface area contributed by atoms with Crippen LogP contribution in [0.25, 0.3) is 0 Å². The Bertz CT molecular complexity index is 813. The first-order chi connectivity index (χ1) is 13.4. The van der Waals surface area contributed by atoms with Crippen LogP contribution in [0, 0.1) is 11.6 Å². The third-order valence-corrected chi connectivity index (χ3v) is 4.57. The van der Waals surface area contributed by atoms with Gasteiger partial charge in [-0.1, -0.05) is 43.5 Å². The highest BCUT2D eigenvalue weighted by molar-refractivity contribution is 6.31. The maximum Gasteiger partial charge on any atom is 0.249 e. The van der Waals surface area contributed by atoms with Gasteiger partial charge in [0, 0.05) is 19.0 Å². The predicted molar refractivity (Wildman–Crippen MR) is 109 cm³/mol. The molecule has 7 heteroatoms. The van der Waals surface area contributed by atoms with Crippen LogP contribution in [0.4, 0.5) is 14.5 Å². The third kappa shape index (κ3) is 6.60. The summed E-state index contributed by atoms with van der Waals surface area (Å²) >= 11 is 5.80. The van der Waals surface area contributed by atoms with Gasteiger partial charge in [-0.05, 0) is 42.2 Å². The summed E-state index contributed by atoms with van der Waals surface area (Å²) in [5.74, 6) is -1.50. The molecule has 0 fully saturated rings. The van der Waals surface area contributed by atoms with Crippen molar-refractivity contribution in [3.05, 3.63) is 63.7 Å². The van der Waals surface area contributed by atoms with Crippen LogP contribution >= 0.6 is 11.6 Å². The summed E-state index contributed by atoms with van der Waals surface area (Å²) in [6.45, 7) is 2.15. The average Bonchev–Trinajstić information content (AvgIpc) is 2.66. The molecule has 0 aliphatic heterocycles. The van der Waals surface area contributed by atoms with Gasteiger partial charge in [0.05, 0.1) is 10.7 Å². The summed E-state index contributed by atoms with van der Waals surface area (Å²) in [4.78, 5) is 21.5. The third-order valence-electron chi connectivity index (χ3n) is 4.15. The van der Waals surface area contributed by atoms with Crippen LogP contribution in [0.15, 0.2) is 30.3 Å². The fourth-order valence-corrected chi connectivity index (χ4v) is 2.94. The number of nitrogens with two attached hydrogens (primary N) is 1. The normalized spacial score (nSPS) is 10.0. The Kier molecular flexibility index (Phi) is 10.2. The van der Waals surface area contributed by atoms with Crippen LogP contribution in [0.1, 0.15) is 47.7 Å². The Hall–Kier alpha value is -2.47. The van der Waals surface area contributed by atoms with E-state index in [9.17, 15) is 18.4 Å². The molecule has 0 aliphatic rings.